The monoisotopic (exact) mass is 440 g/mol. The Bertz CT molecular complexity index is 1320. The maximum absolute atomic E-state index is 13.5. The van der Waals surface area contributed by atoms with Crippen LogP contribution < -0.4 is 5.32 Å². The number of anilines is 1. The molecule has 9 heteroatoms. The van der Waals surface area contributed by atoms with Crippen molar-refractivity contribution in [2.45, 2.75) is 25.3 Å². The second-order valence-electron chi connectivity index (χ2n) is 7.83. The molecule has 0 bridgehead atoms. The molecule has 0 radical (unpaired) electrons. The third kappa shape index (κ3) is 3.86. The van der Waals surface area contributed by atoms with E-state index in [0.717, 1.165) is 31.4 Å². The number of likely N-dealkylation sites (tertiary alicyclic amines) is 1. The molecule has 5 rings (SSSR count). The number of hydrogen-bond donors (Lipinski definition) is 1. The SMILES string of the molecule is O=C(c1cc2ccc(F)cc2o1)N1CCCC[C@H]1CNc1cnc2cc(F)c(F)cc2n1. The maximum Gasteiger partial charge on any atom is 0.289 e. The number of hydrogen-bond acceptors (Lipinski definition) is 5. The summed E-state index contributed by atoms with van der Waals surface area (Å²) in [5.41, 5.74) is 0.820. The minimum absolute atomic E-state index is 0.122. The standard InChI is InChI=1S/C23H19F3N4O2/c24-14-5-4-13-7-21(32-20(13)8-14)23(31)30-6-2-1-3-15(30)11-28-22-12-27-18-9-16(25)17(26)10-19(18)29-22/h4-5,7-10,12,15H,1-3,6,11H2,(H,28,29)/t15-/m0/s1. The Labute approximate surface area is 181 Å². The van der Waals surface area contributed by atoms with Gasteiger partial charge in [-0.15, -0.1) is 0 Å². The Morgan fingerprint density at radius 3 is 2.75 bits per heavy atom. The molecular weight excluding hydrogens is 421 g/mol. The molecule has 4 aromatic rings. The van der Waals surface area contributed by atoms with Crippen LogP contribution in [0.15, 0.2) is 47.0 Å². The fourth-order valence-corrected chi connectivity index (χ4v) is 4.05. The van der Waals surface area contributed by atoms with E-state index < -0.39 is 17.5 Å². The summed E-state index contributed by atoms with van der Waals surface area (Å²) in [6.45, 7) is 0.981. The number of benzene rings is 2. The predicted octanol–water partition coefficient (Wildman–Crippen LogP) is 4.90. The van der Waals surface area contributed by atoms with Gasteiger partial charge in [0.15, 0.2) is 17.4 Å². The minimum atomic E-state index is -0.987. The molecule has 2 aromatic carbocycles. The summed E-state index contributed by atoms with van der Waals surface area (Å²) in [7, 11) is 0. The third-order valence-electron chi connectivity index (χ3n) is 5.68. The van der Waals surface area contributed by atoms with Gasteiger partial charge in [0, 0.05) is 42.7 Å². The van der Waals surface area contributed by atoms with Gasteiger partial charge >= 0.3 is 0 Å². The van der Waals surface area contributed by atoms with Gasteiger partial charge in [0.2, 0.25) is 0 Å². The van der Waals surface area contributed by atoms with Crippen molar-refractivity contribution in [1.29, 1.82) is 0 Å². The largest absolute Gasteiger partial charge is 0.451 e. The first-order valence-corrected chi connectivity index (χ1v) is 10.3. The van der Waals surface area contributed by atoms with Crippen LogP contribution in [-0.4, -0.2) is 39.9 Å². The number of piperidine rings is 1. The minimum Gasteiger partial charge on any atom is -0.451 e. The summed E-state index contributed by atoms with van der Waals surface area (Å²) in [6.07, 6.45) is 4.07. The zero-order chi connectivity index (χ0) is 22.2. The van der Waals surface area contributed by atoms with Crippen molar-refractivity contribution < 1.29 is 22.4 Å². The predicted molar refractivity (Wildman–Crippen MR) is 113 cm³/mol. The molecule has 1 N–H and O–H groups in total. The first-order valence-electron chi connectivity index (χ1n) is 10.3. The fraction of sp³-hybridized carbons (Fsp3) is 0.261. The summed E-state index contributed by atoms with van der Waals surface area (Å²) in [5, 5.41) is 3.81. The number of halogens is 3. The number of fused-ring (bicyclic) bond motifs is 2. The molecule has 0 aliphatic carbocycles. The highest BCUT2D eigenvalue weighted by Gasteiger charge is 2.29. The van der Waals surface area contributed by atoms with Gasteiger partial charge in [-0.2, -0.15) is 0 Å². The Kier molecular flexibility index (Phi) is 5.16. The van der Waals surface area contributed by atoms with Crippen molar-refractivity contribution >= 4 is 33.7 Å². The number of rotatable bonds is 4. The van der Waals surface area contributed by atoms with E-state index in [2.05, 4.69) is 15.3 Å². The van der Waals surface area contributed by atoms with Crippen LogP contribution in [0.4, 0.5) is 19.0 Å². The van der Waals surface area contributed by atoms with Crippen LogP contribution in [0.5, 0.6) is 0 Å². The lowest BCUT2D eigenvalue weighted by molar-refractivity contribution is 0.0598. The van der Waals surface area contributed by atoms with Crippen LogP contribution in [-0.2, 0) is 0 Å². The molecule has 0 unspecified atom stereocenters. The smallest absolute Gasteiger partial charge is 0.289 e. The Hall–Kier alpha value is -3.62. The van der Waals surface area contributed by atoms with Gasteiger partial charge in [0.25, 0.3) is 5.91 Å². The number of nitrogens with one attached hydrogen (secondary N) is 1. The fourth-order valence-electron chi connectivity index (χ4n) is 4.05. The van der Waals surface area contributed by atoms with Crippen molar-refractivity contribution in [3.8, 4) is 0 Å². The van der Waals surface area contributed by atoms with E-state index in [1.165, 1.54) is 18.3 Å². The third-order valence-corrected chi connectivity index (χ3v) is 5.68. The second kappa shape index (κ2) is 8.14. The highest BCUT2D eigenvalue weighted by molar-refractivity contribution is 5.96. The van der Waals surface area contributed by atoms with Crippen molar-refractivity contribution in [3.63, 3.8) is 0 Å². The van der Waals surface area contributed by atoms with E-state index in [0.29, 0.717) is 29.9 Å². The molecule has 1 aliphatic rings. The Morgan fingerprint density at radius 1 is 1.09 bits per heavy atom. The average Bonchev–Trinajstić information content (AvgIpc) is 3.21. The highest BCUT2D eigenvalue weighted by Crippen LogP contribution is 2.25. The molecule has 164 valence electrons. The van der Waals surface area contributed by atoms with Gasteiger partial charge in [-0.05, 0) is 37.5 Å². The molecular formula is C23H19F3N4O2. The van der Waals surface area contributed by atoms with Crippen LogP contribution >= 0.6 is 0 Å². The Morgan fingerprint density at radius 2 is 1.91 bits per heavy atom. The topological polar surface area (TPSA) is 71.3 Å². The lowest BCUT2D eigenvalue weighted by Crippen LogP contribution is -2.47. The zero-order valence-corrected chi connectivity index (χ0v) is 16.9. The maximum atomic E-state index is 13.5. The van der Waals surface area contributed by atoms with Gasteiger partial charge in [0.05, 0.1) is 17.2 Å². The number of furan rings is 1. The van der Waals surface area contributed by atoms with E-state index in [1.807, 2.05) is 0 Å². The average molecular weight is 440 g/mol. The number of carbonyl (C=O) groups excluding carboxylic acids is 1. The van der Waals surface area contributed by atoms with E-state index in [4.69, 9.17) is 4.42 Å². The summed E-state index contributed by atoms with van der Waals surface area (Å²) in [5.74, 6) is -2.07. The first-order chi connectivity index (χ1) is 15.5. The van der Waals surface area contributed by atoms with Crippen molar-refractivity contribution in [1.82, 2.24) is 14.9 Å². The lowest BCUT2D eigenvalue weighted by atomic mass is 10.0. The summed E-state index contributed by atoms with van der Waals surface area (Å²) >= 11 is 0. The molecule has 1 fully saturated rings. The van der Waals surface area contributed by atoms with Crippen LogP contribution in [0.25, 0.3) is 22.0 Å². The number of nitrogens with zero attached hydrogens (tertiary/aromatic N) is 3. The quantitative estimate of drug-likeness (QED) is 0.489. The molecule has 1 amide bonds. The molecule has 6 nitrogen and oxygen atoms in total. The van der Waals surface area contributed by atoms with Crippen molar-refractivity contribution in [2.75, 3.05) is 18.4 Å². The molecule has 32 heavy (non-hydrogen) atoms. The lowest BCUT2D eigenvalue weighted by Gasteiger charge is -2.35. The van der Waals surface area contributed by atoms with Gasteiger partial charge in [-0.3, -0.25) is 9.78 Å². The van der Waals surface area contributed by atoms with Gasteiger partial charge in [0.1, 0.15) is 17.2 Å². The molecule has 1 aliphatic heterocycles. The van der Waals surface area contributed by atoms with Crippen LogP contribution in [0.2, 0.25) is 0 Å². The number of aromatic nitrogens is 2. The molecule has 2 aromatic heterocycles. The van der Waals surface area contributed by atoms with Crippen LogP contribution in [0, 0.1) is 17.5 Å². The van der Waals surface area contributed by atoms with Gasteiger partial charge in [-0.25, -0.2) is 18.2 Å². The highest BCUT2D eigenvalue weighted by atomic mass is 19.2. The van der Waals surface area contributed by atoms with Crippen LogP contribution in [0.1, 0.15) is 29.8 Å². The first kappa shape index (κ1) is 20.3. The number of carbonyl (C=O) groups is 1. The van der Waals surface area contributed by atoms with E-state index >= 15 is 0 Å². The second-order valence-corrected chi connectivity index (χ2v) is 7.83. The van der Waals surface area contributed by atoms with Gasteiger partial charge < -0.3 is 14.6 Å². The van der Waals surface area contributed by atoms with Crippen molar-refractivity contribution in [3.05, 3.63) is 65.8 Å². The van der Waals surface area contributed by atoms with E-state index in [9.17, 15) is 18.0 Å². The molecule has 1 saturated heterocycles. The molecule has 0 spiro atoms. The molecule has 3 heterocycles. The number of amides is 1. The zero-order valence-electron chi connectivity index (χ0n) is 16.9. The molecule has 1 atom stereocenters. The molecule has 0 saturated carbocycles. The van der Waals surface area contributed by atoms with Crippen molar-refractivity contribution in [2.24, 2.45) is 0 Å². The summed E-state index contributed by atoms with van der Waals surface area (Å²) in [4.78, 5) is 23.3. The Balaban J connectivity index is 1.33. The normalized spacial score (nSPS) is 16.6. The van der Waals surface area contributed by atoms with Crippen LogP contribution in [0.3, 0.4) is 0 Å². The van der Waals surface area contributed by atoms with Gasteiger partial charge in [-0.1, -0.05) is 0 Å². The summed E-state index contributed by atoms with van der Waals surface area (Å²) in [6, 6.07) is 7.67. The van der Waals surface area contributed by atoms with E-state index in [-0.39, 0.29) is 28.7 Å². The summed E-state index contributed by atoms with van der Waals surface area (Å²) < 4.78 is 45.9. The van der Waals surface area contributed by atoms with E-state index in [1.54, 1.807) is 17.0 Å².